The summed E-state index contributed by atoms with van der Waals surface area (Å²) in [5.74, 6) is -1.12. The highest BCUT2D eigenvalue weighted by Crippen LogP contribution is 2.23. The topological polar surface area (TPSA) is 52.6 Å². The maximum atomic E-state index is 11.9. The molecule has 0 saturated carbocycles. The summed E-state index contributed by atoms with van der Waals surface area (Å²) >= 11 is 0. The molecule has 0 aromatic rings. The first kappa shape index (κ1) is 16.7. The third-order valence-electron chi connectivity index (χ3n) is 2.57. The average molecular weight is 256 g/mol. The first-order chi connectivity index (χ1) is 8.52. The van der Waals surface area contributed by atoms with Crippen LogP contribution in [0, 0.1) is 5.41 Å². The molecule has 0 saturated heterocycles. The molecule has 4 nitrogen and oxygen atoms in total. The van der Waals surface area contributed by atoms with Crippen LogP contribution in [0.25, 0.3) is 0 Å². The van der Waals surface area contributed by atoms with Gasteiger partial charge >= 0.3 is 11.9 Å². The number of hydrogen-bond acceptors (Lipinski definition) is 4. The van der Waals surface area contributed by atoms with E-state index in [9.17, 15) is 9.59 Å². The zero-order chi connectivity index (χ0) is 14.0. The number of carbonyl (C=O) groups excluding carboxylic acids is 2. The lowest BCUT2D eigenvalue weighted by atomic mass is 9.90. The molecule has 0 rings (SSSR count). The summed E-state index contributed by atoms with van der Waals surface area (Å²) < 4.78 is 9.88. The highest BCUT2D eigenvalue weighted by molar-refractivity contribution is 6.01. The van der Waals surface area contributed by atoms with Crippen LogP contribution in [0.3, 0.4) is 0 Å². The molecule has 0 bridgehead atoms. The van der Waals surface area contributed by atoms with Crippen molar-refractivity contribution in [3.05, 3.63) is 12.2 Å². The minimum Gasteiger partial charge on any atom is -0.465 e. The Kier molecular flexibility index (Phi) is 8.08. The van der Waals surface area contributed by atoms with Gasteiger partial charge in [-0.25, -0.2) is 0 Å². The molecule has 0 unspecified atom stereocenters. The van der Waals surface area contributed by atoms with Crippen LogP contribution >= 0.6 is 0 Å². The van der Waals surface area contributed by atoms with Crippen LogP contribution in [0.4, 0.5) is 0 Å². The van der Waals surface area contributed by atoms with E-state index >= 15 is 0 Å². The van der Waals surface area contributed by atoms with E-state index in [1.54, 1.807) is 19.9 Å². The molecule has 0 fully saturated rings. The molecule has 0 aliphatic carbocycles. The largest absolute Gasteiger partial charge is 0.465 e. The van der Waals surface area contributed by atoms with Gasteiger partial charge in [0.05, 0.1) is 13.2 Å². The highest BCUT2D eigenvalue weighted by atomic mass is 16.6. The second kappa shape index (κ2) is 8.72. The van der Waals surface area contributed by atoms with Gasteiger partial charge in [0.1, 0.15) is 0 Å². The predicted molar refractivity (Wildman–Crippen MR) is 70.0 cm³/mol. The quantitative estimate of drug-likeness (QED) is 0.290. The van der Waals surface area contributed by atoms with Gasteiger partial charge in [-0.05, 0) is 27.2 Å². The Morgan fingerprint density at radius 2 is 1.56 bits per heavy atom. The summed E-state index contributed by atoms with van der Waals surface area (Å²) in [5, 5.41) is 0. The number of ether oxygens (including phenoxy) is 2. The van der Waals surface area contributed by atoms with Crippen LogP contribution < -0.4 is 0 Å². The zero-order valence-electron chi connectivity index (χ0n) is 11.8. The summed E-state index contributed by atoms with van der Waals surface area (Å²) in [6.45, 7) is 7.54. The molecule has 0 atom stereocenters. The molecular weight excluding hydrogens is 232 g/mol. The fourth-order valence-electron chi connectivity index (χ4n) is 1.42. The van der Waals surface area contributed by atoms with E-state index in [4.69, 9.17) is 9.47 Å². The molecule has 0 aliphatic rings. The van der Waals surface area contributed by atoms with Gasteiger partial charge in [-0.15, -0.1) is 0 Å². The number of rotatable bonds is 8. The molecule has 0 N–H and O–H groups in total. The Morgan fingerprint density at radius 1 is 1.06 bits per heavy atom. The maximum Gasteiger partial charge on any atom is 0.327 e. The van der Waals surface area contributed by atoms with Crippen LogP contribution in [0.15, 0.2) is 12.2 Å². The third-order valence-corrected chi connectivity index (χ3v) is 2.57. The summed E-state index contributed by atoms with van der Waals surface area (Å²) in [6, 6.07) is 0. The lowest BCUT2D eigenvalue weighted by Crippen LogP contribution is -2.37. The van der Waals surface area contributed by atoms with Crippen molar-refractivity contribution in [2.75, 3.05) is 13.2 Å². The molecule has 104 valence electrons. The number of allylic oxidation sites excluding steroid dienone is 1. The Bertz CT molecular complexity index is 276. The minimum absolute atomic E-state index is 0.247. The van der Waals surface area contributed by atoms with Crippen molar-refractivity contribution in [2.24, 2.45) is 5.41 Å². The molecule has 0 radical (unpaired) electrons. The molecule has 0 aliphatic heterocycles. The van der Waals surface area contributed by atoms with Crippen LogP contribution in [-0.2, 0) is 19.1 Å². The van der Waals surface area contributed by atoms with Crippen LogP contribution in [0.5, 0.6) is 0 Å². The fourth-order valence-corrected chi connectivity index (χ4v) is 1.42. The molecule has 0 aromatic heterocycles. The minimum atomic E-state index is -1.33. The summed E-state index contributed by atoms with van der Waals surface area (Å²) in [7, 11) is 0. The van der Waals surface area contributed by atoms with Gasteiger partial charge in [0, 0.05) is 0 Å². The highest BCUT2D eigenvalue weighted by Gasteiger charge is 2.41. The maximum absolute atomic E-state index is 11.9. The van der Waals surface area contributed by atoms with Crippen molar-refractivity contribution in [1.29, 1.82) is 0 Å². The molecule has 4 heteroatoms. The molecule has 0 aromatic carbocycles. The number of unbranched alkanes of at least 4 members (excludes halogenated alkanes) is 2. The zero-order valence-corrected chi connectivity index (χ0v) is 11.8. The van der Waals surface area contributed by atoms with Crippen LogP contribution in [-0.4, -0.2) is 25.2 Å². The van der Waals surface area contributed by atoms with Gasteiger partial charge in [-0.2, -0.15) is 0 Å². The first-order valence-corrected chi connectivity index (χ1v) is 6.55. The molecule has 18 heavy (non-hydrogen) atoms. The fraction of sp³-hybridized carbons (Fsp3) is 0.714. The van der Waals surface area contributed by atoms with E-state index < -0.39 is 17.4 Å². The lowest BCUT2D eigenvalue weighted by molar-refractivity contribution is -0.166. The predicted octanol–water partition coefficient (Wildman–Crippen LogP) is 2.87. The number of esters is 2. The van der Waals surface area contributed by atoms with Crippen molar-refractivity contribution in [1.82, 2.24) is 0 Å². The van der Waals surface area contributed by atoms with Crippen molar-refractivity contribution < 1.29 is 19.1 Å². The van der Waals surface area contributed by atoms with Crippen LogP contribution in [0.2, 0.25) is 0 Å². The van der Waals surface area contributed by atoms with Gasteiger partial charge in [-0.3, -0.25) is 9.59 Å². The molecule has 0 amide bonds. The van der Waals surface area contributed by atoms with Crippen molar-refractivity contribution in [2.45, 2.75) is 47.0 Å². The smallest absolute Gasteiger partial charge is 0.327 e. The van der Waals surface area contributed by atoms with E-state index in [1.165, 1.54) is 6.92 Å². The molecule has 0 heterocycles. The van der Waals surface area contributed by atoms with Crippen molar-refractivity contribution in [3.63, 3.8) is 0 Å². The van der Waals surface area contributed by atoms with Gasteiger partial charge in [0.25, 0.3) is 0 Å². The Morgan fingerprint density at radius 3 is 1.94 bits per heavy atom. The standard InChI is InChI=1S/C14H24O4/c1-5-8-9-10-11-14(4,12(15)17-6-2)13(16)18-7-3/h10-11H,5-9H2,1-4H3/b11-10+. The SMILES string of the molecule is CCCC/C=C/C(C)(C(=O)OCC)C(=O)OCC. The van der Waals surface area contributed by atoms with Gasteiger partial charge in [0.15, 0.2) is 5.41 Å². The van der Waals surface area contributed by atoms with E-state index in [0.717, 1.165) is 19.3 Å². The third kappa shape index (κ3) is 4.90. The molecule has 0 spiro atoms. The molecular formula is C14H24O4. The summed E-state index contributed by atoms with van der Waals surface area (Å²) in [4.78, 5) is 23.7. The van der Waals surface area contributed by atoms with Crippen molar-refractivity contribution in [3.8, 4) is 0 Å². The van der Waals surface area contributed by atoms with E-state index in [2.05, 4.69) is 6.92 Å². The number of hydrogen-bond donors (Lipinski definition) is 0. The summed E-state index contributed by atoms with van der Waals surface area (Å²) in [6.07, 6.45) is 6.37. The summed E-state index contributed by atoms with van der Waals surface area (Å²) in [5.41, 5.74) is -1.33. The van der Waals surface area contributed by atoms with E-state index in [0.29, 0.717) is 0 Å². The number of carbonyl (C=O) groups is 2. The lowest BCUT2D eigenvalue weighted by Gasteiger charge is -2.21. The van der Waals surface area contributed by atoms with Crippen molar-refractivity contribution >= 4 is 11.9 Å². The Balaban J connectivity index is 4.84. The van der Waals surface area contributed by atoms with E-state index in [-0.39, 0.29) is 13.2 Å². The second-order valence-corrected chi connectivity index (χ2v) is 4.19. The Hall–Kier alpha value is -1.32. The normalized spacial score (nSPS) is 11.6. The monoisotopic (exact) mass is 256 g/mol. The average Bonchev–Trinajstić information content (AvgIpc) is 2.35. The van der Waals surface area contributed by atoms with Gasteiger partial charge in [-0.1, -0.05) is 31.9 Å². The second-order valence-electron chi connectivity index (χ2n) is 4.19. The van der Waals surface area contributed by atoms with E-state index in [1.807, 2.05) is 6.08 Å². The van der Waals surface area contributed by atoms with Gasteiger partial charge in [0.2, 0.25) is 0 Å². The van der Waals surface area contributed by atoms with Crippen LogP contribution in [0.1, 0.15) is 47.0 Å². The Labute approximate surface area is 109 Å². The first-order valence-electron chi connectivity index (χ1n) is 6.55. The van der Waals surface area contributed by atoms with Gasteiger partial charge < -0.3 is 9.47 Å².